The number of aromatic nitrogens is 4. The number of hydrogen-bond acceptors (Lipinski definition) is 6. The number of nitrogens with zero attached hydrogens (tertiary/aromatic N) is 6. The number of hydrogen-bond donors (Lipinski definition) is 0. The minimum atomic E-state index is 0.575. The van der Waals surface area contributed by atoms with Crippen LogP contribution < -0.4 is 0 Å². The minimum Gasteiger partial charge on any atom is -0.289 e. The van der Waals surface area contributed by atoms with Gasteiger partial charge in [0.2, 0.25) is 0 Å². The Morgan fingerprint density at radius 1 is 0.533 bits per heavy atom. The predicted octanol–water partition coefficient (Wildman–Crippen LogP) is 4.14. The van der Waals surface area contributed by atoms with Gasteiger partial charge in [0.25, 0.3) is 0 Å². The molecule has 0 atom stereocenters. The molecule has 0 spiro atoms. The maximum Gasteiger partial charge on any atom is 0.0894 e. The van der Waals surface area contributed by atoms with Crippen molar-refractivity contribution in [1.82, 2.24) is 19.9 Å². The summed E-state index contributed by atoms with van der Waals surface area (Å²) in [5, 5.41) is 0. The molecular weight excluding hydrogens is 372 g/mol. The second-order valence-corrected chi connectivity index (χ2v) is 6.40. The normalized spacial score (nSPS) is 11.3. The third kappa shape index (κ3) is 5.26. The molecule has 6 heteroatoms. The lowest BCUT2D eigenvalue weighted by Gasteiger charge is -2.00. The summed E-state index contributed by atoms with van der Waals surface area (Å²) in [4.78, 5) is 26.7. The summed E-state index contributed by atoms with van der Waals surface area (Å²) in [6.07, 6.45) is 7.05. The van der Waals surface area contributed by atoms with E-state index in [-0.39, 0.29) is 0 Å². The summed E-state index contributed by atoms with van der Waals surface area (Å²) in [6, 6.07) is 23.2. The third-order valence-electron chi connectivity index (χ3n) is 4.20. The first kappa shape index (κ1) is 19.3. The molecule has 0 saturated heterocycles. The SMILES string of the molecule is C(=NCCN=Cc1cccc(-c2ccccn2)n1)c1cccc(-c2ccccn2)n1. The fraction of sp³-hybridized carbons (Fsp3) is 0.0833. The summed E-state index contributed by atoms with van der Waals surface area (Å²) in [6.45, 7) is 1.15. The zero-order chi connectivity index (χ0) is 20.4. The molecule has 0 saturated carbocycles. The molecule has 6 nitrogen and oxygen atoms in total. The van der Waals surface area contributed by atoms with Gasteiger partial charge in [0, 0.05) is 24.8 Å². The van der Waals surface area contributed by atoms with Crippen LogP contribution in [0.15, 0.2) is 95.2 Å². The highest BCUT2D eigenvalue weighted by Gasteiger charge is 2.01. The zero-order valence-electron chi connectivity index (χ0n) is 16.3. The van der Waals surface area contributed by atoms with Crippen LogP contribution in [0.25, 0.3) is 22.8 Å². The Labute approximate surface area is 175 Å². The van der Waals surface area contributed by atoms with E-state index in [2.05, 4.69) is 29.9 Å². The minimum absolute atomic E-state index is 0.575. The van der Waals surface area contributed by atoms with Gasteiger partial charge in [-0.05, 0) is 48.5 Å². The topological polar surface area (TPSA) is 76.3 Å². The van der Waals surface area contributed by atoms with Crippen molar-refractivity contribution in [1.29, 1.82) is 0 Å². The molecule has 0 aliphatic rings. The maximum absolute atomic E-state index is 4.58. The molecule has 0 N–H and O–H groups in total. The average Bonchev–Trinajstić information content (AvgIpc) is 2.83. The second kappa shape index (κ2) is 9.93. The quantitative estimate of drug-likeness (QED) is 0.350. The van der Waals surface area contributed by atoms with Gasteiger partial charge in [0.1, 0.15) is 0 Å². The molecule has 146 valence electrons. The van der Waals surface area contributed by atoms with Crippen molar-refractivity contribution in [2.24, 2.45) is 9.98 Å². The van der Waals surface area contributed by atoms with Crippen LogP contribution in [-0.4, -0.2) is 45.5 Å². The maximum atomic E-state index is 4.58. The first-order valence-corrected chi connectivity index (χ1v) is 9.65. The Morgan fingerprint density at radius 2 is 1.00 bits per heavy atom. The van der Waals surface area contributed by atoms with E-state index in [4.69, 9.17) is 0 Å². The fourth-order valence-electron chi connectivity index (χ4n) is 2.79. The van der Waals surface area contributed by atoms with Crippen LogP contribution in [0.2, 0.25) is 0 Å². The van der Waals surface area contributed by atoms with Crippen molar-refractivity contribution in [2.75, 3.05) is 13.1 Å². The smallest absolute Gasteiger partial charge is 0.0894 e. The van der Waals surface area contributed by atoms with E-state index in [0.29, 0.717) is 13.1 Å². The van der Waals surface area contributed by atoms with Crippen LogP contribution in [0.5, 0.6) is 0 Å². The number of aliphatic imine (C=N–C) groups is 2. The molecule has 30 heavy (non-hydrogen) atoms. The Hall–Kier alpha value is -4.06. The van der Waals surface area contributed by atoms with Crippen molar-refractivity contribution in [3.05, 3.63) is 96.6 Å². The van der Waals surface area contributed by atoms with Crippen LogP contribution in [0.4, 0.5) is 0 Å². The molecule has 4 heterocycles. The van der Waals surface area contributed by atoms with Crippen molar-refractivity contribution in [3.63, 3.8) is 0 Å². The molecule has 0 aliphatic carbocycles. The summed E-state index contributed by atoms with van der Waals surface area (Å²) in [5.41, 5.74) is 4.95. The first-order valence-electron chi connectivity index (χ1n) is 9.65. The van der Waals surface area contributed by atoms with Crippen LogP contribution >= 0.6 is 0 Å². The molecule has 0 radical (unpaired) electrons. The van der Waals surface area contributed by atoms with Gasteiger partial charge < -0.3 is 0 Å². The van der Waals surface area contributed by atoms with E-state index < -0.39 is 0 Å². The highest BCUT2D eigenvalue weighted by atomic mass is 14.8. The van der Waals surface area contributed by atoms with Gasteiger partial charge in [-0.1, -0.05) is 24.3 Å². The summed E-state index contributed by atoms with van der Waals surface area (Å²) in [7, 11) is 0. The van der Waals surface area contributed by atoms with Gasteiger partial charge in [-0.25, -0.2) is 9.97 Å². The fourth-order valence-corrected chi connectivity index (χ4v) is 2.79. The van der Waals surface area contributed by atoms with Gasteiger partial charge in [0.05, 0.1) is 47.3 Å². The molecule has 0 aliphatic heterocycles. The second-order valence-electron chi connectivity index (χ2n) is 6.40. The molecule has 0 amide bonds. The highest BCUT2D eigenvalue weighted by Crippen LogP contribution is 2.14. The average molecular weight is 392 g/mol. The molecule has 4 rings (SSSR count). The lowest BCUT2D eigenvalue weighted by molar-refractivity contribution is 0.982. The lowest BCUT2D eigenvalue weighted by Crippen LogP contribution is -1.95. The van der Waals surface area contributed by atoms with E-state index in [0.717, 1.165) is 34.2 Å². The van der Waals surface area contributed by atoms with E-state index >= 15 is 0 Å². The molecule has 4 aromatic heterocycles. The van der Waals surface area contributed by atoms with E-state index in [1.165, 1.54) is 0 Å². The van der Waals surface area contributed by atoms with Gasteiger partial charge in [-0.15, -0.1) is 0 Å². The van der Waals surface area contributed by atoms with Crippen LogP contribution in [0, 0.1) is 0 Å². The van der Waals surface area contributed by atoms with Crippen molar-refractivity contribution < 1.29 is 0 Å². The lowest BCUT2D eigenvalue weighted by atomic mass is 10.2. The Bertz CT molecular complexity index is 1050. The van der Waals surface area contributed by atoms with Gasteiger partial charge >= 0.3 is 0 Å². The summed E-state index contributed by atoms with van der Waals surface area (Å²) >= 11 is 0. The predicted molar refractivity (Wildman–Crippen MR) is 120 cm³/mol. The Kier molecular flexibility index (Phi) is 6.38. The van der Waals surface area contributed by atoms with Crippen LogP contribution in [0.3, 0.4) is 0 Å². The zero-order valence-corrected chi connectivity index (χ0v) is 16.3. The van der Waals surface area contributed by atoms with E-state index in [9.17, 15) is 0 Å². The Balaban J connectivity index is 1.32. The number of rotatable bonds is 7. The van der Waals surface area contributed by atoms with Crippen molar-refractivity contribution in [2.45, 2.75) is 0 Å². The van der Waals surface area contributed by atoms with E-state index in [1.807, 2.05) is 72.8 Å². The molecule has 0 aromatic carbocycles. The highest BCUT2D eigenvalue weighted by molar-refractivity contribution is 5.79. The molecule has 0 bridgehead atoms. The molecule has 0 fully saturated rings. The third-order valence-corrected chi connectivity index (χ3v) is 4.20. The monoisotopic (exact) mass is 392 g/mol. The molecule has 0 unspecified atom stereocenters. The number of pyridine rings is 4. The molecular formula is C24H20N6. The van der Waals surface area contributed by atoms with Gasteiger partial charge in [-0.3, -0.25) is 20.0 Å². The first-order chi connectivity index (χ1) is 14.9. The van der Waals surface area contributed by atoms with Crippen molar-refractivity contribution >= 4 is 12.4 Å². The Morgan fingerprint density at radius 3 is 1.43 bits per heavy atom. The summed E-state index contributed by atoms with van der Waals surface area (Å²) in [5.74, 6) is 0. The van der Waals surface area contributed by atoms with E-state index in [1.54, 1.807) is 24.8 Å². The van der Waals surface area contributed by atoms with Gasteiger partial charge in [-0.2, -0.15) is 0 Å². The van der Waals surface area contributed by atoms with Crippen molar-refractivity contribution in [3.8, 4) is 22.8 Å². The van der Waals surface area contributed by atoms with Gasteiger partial charge in [0.15, 0.2) is 0 Å². The summed E-state index contributed by atoms with van der Waals surface area (Å²) < 4.78 is 0. The molecule has 4 aromatic rings. The standard InChI is InChI=1S/C24H20N6/c1-3-13-27-21(9-1)23-11-5-7-19(29-23)17-25-15-16-26-18-20-8-6-12-24(30-20)22-10-2-4-14-28-22/h1-14,17-18H,15-16H2. The van der Waals surface area contributed by atoms with Crippen LogP contribution in [0.1, 0.15) is 11.4 Å². The largest absolute Gasteiger partial charge is 0.289 e. The van der Waals surface area contributed by atoms with Crippen LogP contribution in [-0.2, 0) is 0 Å².